The first-order chi connectivity index (χ1) is 11.7. The Morgan fingerprint density at radius 2 is 1.92 bits per heavy atom. The second-order valence-corrected chi connectivity index (χ2v) is 5.64. The minimum atomic E-state index is -0.307. The SMILES string of the molecule is N#CC1=C(N)Oc2c(ccc3c(N)cccc23)[C@H]1c1cccnc1. The average Bonchev–Trinajstić information content (AvgIpc) is 2.61. The molecule has 0 aliphatic carbocycles. The number of nitrogens with two attached hydrogens (primary N) is 2. The Kier molecular flexibility index (Phi) is 3.10. The van der Waals surface area contributed by atoms with Crippen LogP contribution in [0.2, 0.25) is 0 Å². The molecule has 0 unspecified atom stereocenters. The van der Waals surface area contributed by atoms with Gasteiger partial charge in [-0.3, -0.25) is 4.98 Å². The highest BCUT2D eigenvalue weighted by atomic mass is 16.5. The van der Waals surface area contributed by atoms with Crippen LogP contribution in [0.3, 0.4) is 0 Å². The number of nitrogen functional groups attached to an aromatic ring is 1. The molecular formula is C19H14N4O. The maximum Gasteiger partial charge on any atom is 0.205 e. The molecule has 4 rings (SSSR count). The van der Waals surface area contributed by atoms with E-state index in [1.165, 1.54) is 0 Å². The Balaban J connectivity index is 2.04. The molecule has 1 atom stereocenters. The van der Waals surface area contributed by atoms with Crippen molar-refractivity contribution >= 4 is 16.5 Å². The summed E-state index contributed by atoms with van der Waals surface area (Å²) in [5, 5.41) is 11.3. The molecule has 2 heterocycles. The van der Waals surface area contributed by atoms with Gasteiger partial charge < -0.3 is 16.2 Å². The fourth-order valence-corrected chi connectivity index (χ4v) is 3.19. The number of fused-ring (bicyclic) bond motifs is 3. The summed E-state index contributed by atoms with van der Waals surface area (Å²) in [6.45, 7) is 0. The monoisotopic (exact) mass is 314 g/mol. The molecule has 0 saturated heterocycles. The van der Waals surface area contributed by atoms with Crippen molar-refractivity contribution in [2.45, 2.75) is 5.92 Å². The van der Waals surface area contributed by atoms with E-state index in [-0.39, 0.29) is 11.8 Å². The molecule has 0 saturated carbocycles. The zero-order chi connectivity index (χ0) is 16.7. The summed E-state index contributed by atoms with van der Waals surface area (Å²) in [6, 6.07) is 15.5. The van der Waals surface area contributed by atoms with Gasteiger partial charge in [-0.15, -0.1) is 0 Å². The van der Waals surface area contributed by atoms with Crippen molar-refractivity contribution in [2.75, 3.05) is 5.73 Å². The number of allylic oxidation sites excluding steroid dienone is 1. The van der Waals surface area contributed by atoms with Crippen LogP contribution in [0.5, 0.6) is 5.75 Å². The van der Waals surface area contributed by atoms with Gasteiger partial charge in [-0.2, -0.15) is 5.26 Å². The molecule has 0 radical (unpaired) electrons. The Bertz CT molecular complexity index is 1020. The lowest BCUT2D eigenvalue weighted by Crippen LogP contribution is -2.21. The van der Waals surface area contributed by atoms with Crippen LogP contribution in [0.15, 0.2) is 66.3 Å². The third-order valence-electron chi connectivity index (χ3n) is 4.29. The van der Waals surface area contributed by atoms with Crippen LogP contribution in [0, 0.1) is 11.3 Å². The smallest absolute Gasteiger partial charge is 0.205 e. The van der Waals surface area contributed by atoms with Crippen LogP contribution in [0.25, 0.3) is 10.8 Å². The molecular weight excluding hydrogens is 300 g/mol. The van der Waals surface area contributed by atoms with Crippen LogP contribution < -0.4 is 16.2 Å². The van der Waals surface area contributed by atoms with Gasteiger partial charge in [0.25, 0.3) is 0 Å². The summed E-state index contributed by atoms with van der Waals surface area (Å²) in [6.07, 6.45) is 3.44. The number of rotatable bonds is 1. The quantitative estimate of drug-likeness (QED) is 0.673. The fourth-order valence-electron chi connectivity index (χ4n) is 3.19. The molecule has 1 aliphatic heterocycles. The molecule has 1 aromatic heterocycles. The van der Waals surface area contributed by atoms with Crippen molar-refractivity contribution in [1.82, 2.24) is 4.98 Å². The number of hydrogen-bond acceptors (Lipinski definition) is 5. The van der Waals surface area contributed by atoms with Gasteiger partial charge in [-0.25, -0.2) is 0 Å². The summed E-state index contributed by atoms with van der Waals surface area (Å²) >= 11 is 0. The summed E-state index contributed by atoms with van der Waals surface area (Å²) < 4.78 is 5.81. The number of benzene rings is 2. The fraction of sp³-hybridized carbons (Fsp3) is 0.0526. The van der Waals surface area contributed by atoms with E-state index in [1.807, 2.05) is 42.5 Å². The number of pyridine rings is 1. The maximum absolute atomic E-state index is 9.57. The number of ether oxygens (including phenoxy) is 1. The van der Waals surface area contributed by atoms with Crippen molar-refractivity contribution in [2.24, 2.45) is 5.73 Å². The third-order valence-corrected chi connectivity index (χ3v) is 4.29. The van der Waals surface area contributed by atoms with E-state index in [9.17, 15) is 5.26 Å². The number of nitriles is 1. The molecule has 0 amide bonds. The van der Waals surface area contributed by atoms with Gasteiger partial charge >= 0.3 is 0 Å². The van der Waals surface area contributed by atoms with Crippen LogP contribution in [-0.4, -0.2) is 4.98 Å². The molecule has 0 spiro atoms. The Labute approximate surface area is 138 Å². The molecule has 2 aromatic carbocycles. The molecule has 24 heavy (non-hydrogen) atoms. The van der Waals surface area contributed by atoms with Gasteiger partial charge in [-0.05, 0) is 17.7 Å². The topological polar surface area (TPSA) is 98.0 Å². The minimum absolute atomic E-state index is 0.119. The highest BCUT2D eigenvalue weighted by Crippen LogP contribution is 2.45. The number of aromatic nitrogens is 1. The van der Waals surface area contributed by atoms with E-state index in [0.29, 0.717) is 17.0 Å². The van der Waals surface area contributed by atoms with Gasteiger partial charge in [0.15, 0.2) is 0 Å². The van der Waals surface area contributed by atoms with Gasteiger partial charge in [-0.1, -0.05) is 30.3 Å². The lowest BCUT2D eigenvalue weighted by molar-refractivity contribution is 0.398. The van der Waals surface area contributed by atoms with Crippen molar-refractivity contribution in [3.63, 3.8) is 0 Å². The molecule has 5 nitrogen and oxygen atoms in total. The maximum atomic E-state index is 9.57. The van der Waals surface area contributed by atoms with E-state index < -0.39 is 0 Å². The highest BCUT2D eigenvalue weighted by molar-refractivity contribution is 5.98. The lowest BCUT2D eigenvalue weighted by Gasteiger charge is -2.27. The molecule has 3 aromatic rings. The van der Waals surface area contributed by atoms with Gasteiger partial charge in [0.2, 0.25) is 5.88 Å². The Hall–Kier alpha value is -3.52. The van der Waals surface area contributed by atoms with Gasteiger partial charge in [0.1, 0.15) is 17.4 Å². The first-order valence-electron chi connectivity index (χ1n) is 7.49. The van der Waals surface area contributed by atoms with Crippen molar-refractivity contribution in [3.05, 3.63) is 77.4 Å². The Morgan fingerprint density at radius 3 is 2.67 bits per heavy atom. The van der Waals surface area contributed by atoms with E-state index in [0.717, 1.165) is 21.9 Å². The van der Waals surface area contributed by atoms with E-state index in [4.69, 9.17) is 16.2 Å². The van der Waals surface area contributed by atoms with E-state index in [2.05, 4.69) is 11.1 Å². The largest absolute Gasteiger partial charge is 0.440 e. The van der Waals surface area contributed by atoms with Crippen LogP contribution in [0.4, 0.5) is 5.69 Å². The van der Waals surface area contributed by atoms with E-state index >= 15 is 0 Å². The number of anilines is 1. The zero-order valence-electron chi connectivity index (χ0n) is 12.7. The second-order valence-electron chi connectivity index (χ2n) is 5.64. The summed E-state index contributed by atoms with van der Waals surface area (Å²) in [4.78, 5) is 4.17. The predicted octanol–water partition coefficient (Wildman–Crippen LogP) is 3.04. The van der Waals surface area contributed by atoms with Crippen molar-refractivity contribution < 1.29 is 4.74 Å². The summed E-state index contributed by atoms with van der Waals surface area (Å²) in [5.41, 5.74) is 14.9. The molecule has 1 aliphatic rings. The molecule has 0 bridgehead atoms. The molecule has 116 valence electrons. The molecule has 0 fully saturated rings. The van der Waals surface area contributed by atoms with Crippen LogP contribution >= 0.6 is 0 Å². The highest BCUT2D eigenvalue weighted by Gasteiger charge is 2.31. The predicted molar refractivity (Wildman–Crippen MR) is 91.9 cm³/mol. The zero-order valence-corrected chi connectivity index (χ0v) is 12.7. The number of hydrogen-bond donors (Lipinski definition) is 2. The summed E-state index contributed by atoms with van der Waals surface area (Å²) in [7, 11) is 0. The molecule has 5 heteroatoms. The van der Waals surface area contributed by atoms with Gasteiger partial charge in [0.05, 0.1) is 5.92 Å². The van der Waals surface area contributed by atoms with Crippen LogP contribution in [-0.2, 0) is 0 Å². The summed E-state index contributed by atoms with van der Waals surface area (Å²) in [5.74, 6) is 0.456. The first-order valence-corrected chi connectivity index (χ1v) is 7.49. The molecule has 4 N–H and O–H groups in total. The average molecular weight is 314 g/mol. The lowest BCUT2D eigenvalue weighted by atomic mass is 9.83. The number of nitrogens with zero attached hydrogens (tertiary/aromatic N) is 2. The standard InChI is InChI=1S/C19H14N4O/c20-9-15-17(11-3-2-8-23-10-11)14-7-6-12-13(4-1-5-16(12)21)18(14)24-19(15)22/h1-8,10,17H,21-22H2/t17-/m1/s1. The minimum Gasteiger partial charge on any atom is -0.440 e. The first kappa shape index (κ1) is 14.1. The van der Waals surface area contributed by atoms with Crippen LogP contribution in [0.1, 0.15) is 17.0 Å². The van der Waals surface area contributed by atoms with Gasteiger partial charge in [0, 0.05) is 34.4 Å². The van der Waals surface area contributed by atoms with Crippen molar-refractivity contribution in [3.8, 4) is 11.8 Å². The second kappa shape index (κ2) is 5.28. The third kappa shape index (κ3) is 1.97. The normalized spacial score (nSPS) is 16.4. The Morgan fingerprint density at radius 1 is 1.04 bits per heavy atom. The van der Waals surface area contributed by atoms with E-state index in [1.54, 1.807) is 12.4 Å². The van der Waals surface area contributed by atoms with Crippen molar-refractivity contribution in [1.29, 1.82) is 5.26 Å².